The van der Waals surface area contributed by atoms with E-state index in [1.165, 1.54) is 5.56 Å². The summed E-state index contributed by atoms with van der Waals surface area (Å²) in [5, 5.41) is 0. The van der Waals surface area contributed by atoms with Gasteiger partial charge in [-0.3, -0.25) is 0 Å². The third kappa shape index (κ3) is 2.71. The Morgan fingerprint density at radius 2 is 2.00 bits per heavy atom. The van der Waals surface area contributed by atoms with Crippen molar-refractivity contribution in [2.75, 3.05) is 14.2 Å². The predicted octanol–water partition coefficient (Wildman–Crippen LogP) is 2.73. The lowest BCUT2D eigenvalue weighted by Crippen LogP contribution is -2.13. The number of hydrogen-bond acceptors (Lipinski definition) is 3. The highest BCUT2D eigenvalue weighted by Crippen LogP contribution is 2.32. The van der Waals surface area contributed by atoms with Crippen molar-refractivity contribution in [3.63, 3.8) is 0 Å². The molecule has 0 amide bonds. The number of ether oxygens (including phenoxy) is 1. The van der Waals surface area contributed by atoms with Crippen molar-refractivity contribution in [1.82, 2.24) is 5.48 Å². The Labute approximate surface area is 98.9 Å². The fourth-order valence-electron chi connectivity index (χ4n) is 1.54. The van der Waals surface area contributed by atoms with Crippen molar-refractivity contribution >= 4 is 15.9 Å². The van der Waals surface area contributed by atoms with Crippen molar-refractivity contribution in [2.45, 2.75) is 20.4 Å². The summed E-state index contributed by atoms with van der Waals surface area (Å²) in [6, 6.07) is 2.09. The van der Waals surface area contributed by atoms with Gasteiger partial charge < -0.3 is 9.57 Å². The quantitative estimate of drug-likeness (QED) is 0.856. The maximum Gasteiger partial charge on any atom is 0.127 e. The number of methoxy groups -OCH3 is 1. The van der Waals surface area contributed by atoms with Crippen molar-refractivity contribution in [2.24, 2.45) is 0 Å². The molecule has 3 nitrogen and oxygen atoms in total. The lowest BCUT2D eigenvalue weighted by molar-refractivity contribution is 0.0859. The molecule has 4 heteroatoms. The van der Waals surface area contributed by atoms with Crippen molar-refractivity contribution in [3.05, 3.63) is 27.2 Å². The van der Waals surface area contributed by atoms with Gasteiger partial charge in [0, 0.05) is 22.1 Å². The van der Waals surface area contributed by atoms with Crippen LogP contribution >= 0.6 is 15.9 Å². The molecule has 0 radical (unpaired) electrons. The van der Waals surface area contributed by atoms with Gasteiger partial charge in [-0.25, -0.2) is 0 Å². The van der Waals surface area contributed by atoms with Crippen LogP contribution in [0, 0.1) is 13.8 Å². The molecule has 0 fully saturated rings. The van der Waals surface area contributed by atoms with E-state index in [-0.39, 0.29) is 0 Å². The Morgan fingerprint density at radius 3 is 2.53 bits per heavy atom. The van der Waals surface area contributed by atoms with Crippen LogP contribution in [0.15, 0.2) is 10.5 Å². The number of rotatable bonds is 4. The second kappa shape index (κ2) is 5.49. The van der Waals surface area contributed by atoms with E-state index in [1.54, 1.807) is 14.2 Å². The molecule has 0 spiro atoms. The van der Waals surface area contributed by atoms with Gasteiger partial charge in [-0.15, -0.1) is 0 Å². The minimum atomic E-state index is 0.639. The van der Waals surface area contributed by atoms with Crippen LogP contribution in [0.3, 0.4) is 0 Å². The van der Waals surface area contributed by atoms with Crippen LogP contribution in [0.2, 0.25) is 0 Å². The molecule has 0 aliphatic carbocycles. The monoisotopic (exact) mass is 273 g/mol. The Kier molecular flexibility index (Phi) is 4.57. The van der Waals surface area contributed by atoms with E-state index in [9.17, 15) is 0 Å². The number of aryl methyl sites for hydroxylation is 1. The summed E-state index contributed by atoms with van der Waals surface area (Å²) in [6.45, 7) is 4.72. The first-order chi connectivity index (χ1) is 7.11. The lowest BCUT2D eigenvalue weighted by Gasteiger charge is -2.15. The standard InChI is InChI=1S/C11H16BrNO2/c1-7-5-10(12)8(2)11(14-3)9(7)6-13-15-4/h5,13H,6H2,1-4H3. The zero-order valence-electron chi connectivity index (χ0n) is 9.48. The Morgan fingerprint density at radius 1 is 1.33 bits per heavy atom. The maximum absolute atomic E-state index is 5.41. The average Bonchev–Trinajstić information content (AvgIpc) is 2.21. The molecule has 1 rings (SSSR count). The van der Waals surface area contributed by atoms with Crippen LogP contribution in [0.5, 0.6) is 5.75 Å². The molecule has 0 aromatic heterocycles. The molecule has 1 N–H and O–H groups in total. The molecule has 1 aromatic carbocycles. The lowest BCUT2D eigenvalue weighted by atomic mass is 10.0. The van der Waals surface area contributed by atoms with E-state index in [0.29, 0.717) is 6.54 Å². The molecule has 0 heterocycles. The van der Waals surface area contributed by atoms with Gasteiger partial charge >= 0.3 is 0 Å². The van der Waals surface area contributed by atoms with Gasteiger partial charge in [-0.2, -0.15) is 5.48 Å². The number of benzene rings is 1. The third-order valence-corrected chi connectivity index (χ3v) is 3.21. The summed E-state index contributed by atoms with van der Waals surface area (Å²) < 4.78 is 6.48. The minimum absolute atomic E-state index is 0.639. The highest BCUT2D eigenvalue weighted by atomic mass is 79.9. The topological polar surface area (TPSA) is 30.5 Å². The van der Waals surface area contributed by atoms with Crippen molar-refractivity contribution in [1.29, 1.82) is 0 Å². The highest BCUT2D eigenvalue weighted by molar-refractivity contribution is 9.10. The molecular formula is C11H16BrNO2. The fourth-order valence-corrected chi connectivity index (χ4v) is 2.06. The molecule has 0 saturated heterocycles. The van der Waals surface area contributed by atoms with Gasteiger partial charge in [0.15, 0.2) is 0 Å². The molecule has 1 aromatic rings. The molecule has 15 heavy (non-hydrogen) atoms. The van der Waals surface area contributed by atoms with E-state index >= 15 is 0 Å². The first-order valence-corrected chi connectivity index (χ1v) is 5.49. The Hall–Kier alpha value is -0.580. The zero-order valence-corrected chi connectivity index (χ0v) is 11.1. The molecule has 0 aliphatic heterocycles. The average molecular weight is 274 g/mol. The molecule has 0 saturated carbocycles. The van der Waals surface area contributed by atoms with Gasteiger partial charge in [-0.1, -0.05) is 15.9 Å². The molecule has 84 valence electrons. The third-order valence-electron chi connectivity index (χ3n) is 2.39. The van der Waals surface area contributed by atoms with E-state index in [2.05, 4.69) is 34.4 Å². The highest BCUT2D eigenvalue weighted by Gasteiger charge is 2.12. The van der Waals surface area contributed by atoms with E-state index in [1.807, 2.05) is 6.92 Å². The number of hydrogen-bond donors (Lipinski definition) is 1. The number of halogens is 1. The van der Waals surface area contributed by atoms with Crippen LogP contribution < -0.4 is 10.2 Å². The largest absolute Gasteiger partial charge is 0.496 e. The smallest absolute Gasteiger partial charge is 0.127 e. The molecule has 0 bridgehead atoms. The summed E-state index contributed by atoms with van der Waals surface area (Å²) in [4.78, 5) is 4.85. The summed E-state index contributed by atoms with van der Waals surface area (Å²) in [5.41, 5.74) is 6.24. The van der Waals surface area contributed by atoms with Crippen LogP contribution in [0.4, 0.5) is 0 Å². The van der Waals surface area contributed by atoms with Crippen molar-refractivity contribution in [3.8, 4) is 5.75 Å². The van der Waals surface area contributed by atoms with Crippen LogP contribution in [0.25, 0.3) is 0 Å². The van der Waals surface area contributed by atoms with Crippen LogP contribution in [-0.2, 0) is 11.4 Å². The van der Waals surface area contributed by atoms with Gasteiger partial charge in [0.05, 0.1) is 14.2 Å². The van der Waals surface area contributed by atoms with Gasteiger partial charge in [0.2, 0.25) is 0 Å². The summed E-state index contributed by atoms with van der Waals surface area (Å²) in [6.07, 6.45) is 0. The van der Waals surface area contributed by atoms with Crippen molar-refractivity contribution < 1.29 is 9.57 Å². The molecule has 0 aliphatic rings. The summed E-state index contributed by atoms with van der Waals surface area (Å²) in [5.74, 6) is 0.909. The second-order valence-electron chi connectivity index (χ2n) is 3.34. The Bertz CT molecular complexity index is 353. The fraction of sp³-hybridized carbons (Fsp3) is 0.455. The molecule has 0 unspecified atom stereocenters. The first-order valence-electron chi connectivity index (χ1n) is 4.70. The molecule has 0 atom stereocenters. The second-order valence-corrected chi connectivity index (χ2v) is 4.19. The number of nitrogens with one attached hydrogen (secondary N) is 1. The van der Waals surface area contributed by atoms with E-state index < -0.39 is 0 Å². The van der Waals surface area contributed by atoms with E-state index in [4.69, 9.17) is 9.57 Å². The Balaban J connectivity index is 3.16. The predicted molar refractivity (Wildman–Crippen MR) is 64.0 cm³/mol. The zero-order chi connectivity index (χ0) is 11.4. The SMILES string of the molecule is CONCc1c(C)cc(Br)c(C)c1OC. The molecular weight excluding hydrogens is 258 g/mol. The van der Waals surface area contributed by atoms with Gasteiger partial charge in [-0.05, 0) is 25.5 Å². The first kappa shape index (κ1) is 12.5. The van der Waals surface area contributed by atoms with E-state index in [0.717, 1.165) is 21.3 Å². The summed E-state index contributed by atoms with van der Waals surface area (Å²) in [7, 11) is 3.29. The van der Waals surface area contributed by atoms with Gasteiger partial charge in [0.25, 0.3) is 0 Å². The van der Waals surface area contributed by atoms with Crippen LogP contribution in [-0.4, -0.2) is 14.2 Å². The van der Waals surface area contributed by atoms with Crippen LogP contribution in [0.1, 0.15) is 16.7 Å². The number of hydroxylamine groups is 1. The van der Waals surface area contributed by atoms with Gasteiger partial charge in [0.1, 0.15) is 5.75 Å². The summed E-state index contributed by atoms with van der Waals surface area (Å²) >= 11 is 3.51. The normalized spacial score (nSPS) is 10.5. The minimum Gasteiger partial charge on any atom is -0.496 e. The maximum atomic E-state index is 5.41.